The van der Waals surface area contributed by atoms with E-state index in [-0.39, 0.29) is 0 Å². The smallest absolute Gasteiger partial charge is 0.127 e. The molecule has 0 atom stereocenters. The molecule has 1 heterocycles. The van der Waals surface area contributed by atoms with Crippen LogP contribution in [0.15, 0.2) is 29.9 Å². The van der Waals surface area contributed by atoms with Gasteiger partial charge in [0, 0.05) is 6.54 Å². The molecule has 0 aliphatic carbocycles. The third-order valence-corrected chi connectivity index (χ3v) is 1.45. The molecular formula is C8H12N2. The molecule has 0 radical (unpaired) electrons. The van der Waals surface area contributed by atoms with E-state index in [0.717, 1.165) is 18.9 Å². The fraction of sp³-hybridized carbons (Fsp3) is 0.375. The maximum atomic E-state index is 4.26. The van der Waals surface area contributed by atoms with Gasteiger partial charge < -0.3 is 4.90 Å². The van der Waals surface area contributed by atoms with E-state index >= 15 is 0 Å². The van der Waals surface area contributed by atoms with Crippen LogP contribution in [0.5, 0.6) is 0 Å². The van der Waals surface area contributed by atoms with Gasteiger partial charge in [0.05, 0.1) is 6.54 Å². The highest BCUT2D eigenvalue weighted by molar-refractivity contribution is 5.94. The van der Waals surface area contributed by atoms with Gasteiger partial charge in [-0.3, -0.25) is 4.99 Å². The first kappa shape index (κ1) is 7.06. The van der Waals surface area contributed by atoms with Crippen LogP contribution in [-0.2, 0) is 0 Å². The van der Waals surface area contributed by atoms with Crippen LogP contribution in [0.3, 0.4) is 0 Å². The summed E-state index contributed by atoms with van der Waals surface area (Å²) in [6, 6.07) is 0. The zero-order valence-corrected chi connectivity index (χ0v) is 6.25. The van der Waals surface area contributed by atoms with Gasteiger partial charge >= 0.3 is 0 Å². The van der Waals surface area contributed by atoms with Crippen LogP contribution in [0.2, 0.25) is 0 Å². The molecular weight excluding hydrogens is 124 g/mol. The zero-order valence-electron chi connectivity index (χ0n) is 6.25. The number of rotatable bonds is 2. The lowest BCUT2D eigenvalue weighted by Crippen LogP contribution is -2.18. The Balaban J connectivity index is 2.64. The third-order valence-electron chi connectivity index (χ3n) is 1.45. The van der Waals surface area contributed by atoms with Gasteiger partial charge in [0.2, 0.25) is 0 Å². The van der Waals surface area contributed by atoms with Gasteiger partial charge in [-0.05, 0) is 19.2 Å². The van der Waals surface area contributed by atoms with Crippen LogP contribution in [0.25, 0.3) is 0 Å². The van der Waals surface area contributed by atoms with E-state index in [9.17, 15) is 0 Å². The fourth-order valence-electron chi connectivity index (χ4n) is 0.960. The molecule has 0 bridgehead atoms. The van der Waals surface area contributed by atoms with Crippen molar-refractivity contribution in [3.8, 4) is 0 Å². The minimum atomic E-state index is 0.895. The molecule has 0 fully saturated rings. The molecule has 10 heavy (non-hydrogen) atoms. The van der Waals surface area contributed by atoms with Crippen molar-refractivity contribution in [3.05, 3.63) is 24.9 Å². The first-order valence-corrected chi connectivity index (χ1v) is 3.45. The second-order valence-corrected chi connectivity index (χ2v) is 2.12. The Hall–Kier alpha value is -1.05. The molecule has 0 N–H and O–H groups in total. The topological polar surface area (TPSA) is 15.6 Å². The number of hydrogen-bond acceptors (Lipinski definition) is 2. The van der Waals surface area contributed by atoms with Crippen molar-refractivity contribution in [3.63, 3.8) is 0 Å². The van der Waals surface area contributed by atoms with Gasteiger partial charge in [-0.25, -0.2) is 0 Å². The lowest BCUT2D eigenvalue weighted by Gasteiger charge is -2.10. The molecule has 0 spiro atoms. The molecule has 0 saturated heterocycles. The summed E-state index contributed by atoms with van der Waals surface area (Å²) in [5, 5.41) is 0. The number of hydrogen-bond donors (Lipinski definition) is 0. The minimum absolute atomic E-state index is 0.895. The molecule has 0 amide bonds. The lowest BCUT2D eigenvalue weighted by atomic mass is 10.4. The van der Waals surface area contributed by atoms with E-state index in [0.29, 0.717) is 0 Å². The summed E-state index contributed by atoms with van der Waals surface area (Å²) in [7, 11) is 0. The van der Waals surface area contributed by atoms with E-state index in [4.69, 9.17) is 0 Å². The van der Waals surface area contributed by atoms with Gasteiger partial charge in [0.1, 0.15) is 5.84 Å². The molecule has 0 unspecified atom stereocenters. The van der Waals surface area contributed by atoms with Crippen LogP contribution >= 0.6 is 0 Å². The summed E-state index contributed by atoms with van der Waals surface area (Å²) in [6.07, 6.45) is 5.79. The normalized spacial score (nSPS) is 18.1. The van der Waals surface area contributed by atoms with E-state index in [1.54, 1.807) is 0 Å². The van der Waals surface area contributed by atoms with E-state index in [1.165, 1.54) is 0 Å². The van der Waals surface area contributed by atoms with Crippen molar-refractivity contribution in [2.24, 2.45) is 4.99 Å². The summed E-state index contributed by atoms with van der Waals surface area (Å²) in [6.45, 7) is 7.54. The zero-order chi connectivity index (χ0) is 7.40. The third kappa shape index (κ3) is 1.26. The van der Waals surface area contributed by atoms with Crippen molar-refractivity contribution in [2.45, 2.75) is 6.92 Å². The van der Waals surface area contributed by atoms with Gasteiger partial charge in [0.25, 0.3) is 0 Å². The van der Waals surface area contributed by atoms with Gasteiger partial charge in [0.15, 0.2) is 0 Å². The SMILES string of the molecule is C=CN1CCN=C1C=CC. The summed E-state index contributed by atoms with van der Waals surface area (Å²) in [5.74, 6) is 1.03. The highest BCUT2D eigenvalue weighted by Gasteiger charge is 2.08. The van der Waals surface area contributed by atoms with E-state index in [1.807, 2.05) is 30.2 Å². The van der Waals surface area contributed by atoms with Crippen LogP contribution in [-0.4, -0.2) is 23.8 Å². The summed E-state index contributed by atoms with van der Waals surface area (Å²) >= 11 is 0. The molecule has 1 aliphatic heterocycles. The average Bonchev–Trinajstić information content (AvgIpc) is 2.36. The van der Waals surface area contributed by atoms with Crippen LogP contribution in [0.1, 0.15) is 6.92 Å². The van der Waals surface area contributed by atoms with Gasteiger partial charge in [-0.15, -0.1) is 0 Å². The molecule has 54 valence electrons. The summed E-state index contributed by atoms with van der Waals surface area (Å²) < 4.78 is 0. The lowest BCUT2D eigenvalue weighted by molar-refractivity contribution is 0.616. The Morgan fingerprint density at radius 1 is 1.70 bits per heavy atom. The fourth-order valence-corrected chi connectivity index (χ4v) is 0.960. The summed E-state index contributed by atoms with van der Waals surface area (Å²) in [5.41, 5.74) is 0. The van der Waals surface area contributed by atoms with E-state index in [2.05, 4.69) is 11.6 Å². The maximum absolute atomic E-state index is 4.26. The van der Waals surface area contributed by atoms with Crippen molar-refractivity contribution in [2.75, 3.05) is 13.1 Å². The van der Waals surface area contributed by atoms with Crippen LogP contribution in [0, 0.1) is 0 Å². The second kappa shape index (κ2) is 3.20. The maximum Gasteiger partial charge on any atom is 0.127 e. The van der Waals surface area contributed by atoms with Crippen LogP contribution < -0.4 is 0 Å². The Bertz CT molecular complexity index is 180. The van der Waals surface area contributed by atoms with Crippen molar-refractivity contribution in [1.82, 2.24) is 4.90 Å². The van der Waals surface area contributed by atoms with Gasteiger partial charge in [-0.1, -0.05) is 12.7 Å². The number of aliphatic imine (C=N–C) groups is 1. The first-order chi connectivity index (χ1) is 4.88. The monoisotopic (exact) mass is 136 g/mol. The summed E-state index contributed by atoms with van der Waals surface area (Å²) in [4.78, 5) is 6.30. The highest BCUT2D eigenvalue weighted by atomic mass is 15.2. The molecule has 1 aliphatic rings. The molecule has 0 aromatic rings. The average molecular weight is 136 g/mol. The molecule has 2 nitrogen and oxygen atoms in total. The van der Waals surface area contributed by atoms with Crippen LogP contribution in [0.4, 0.5) is 0 Å². The quantitative estimate of drug-likeness (QED) is 0.560. The van der Waals surface area contributed by atoms with E-state index < -0.39 is 0 Å². The standard InChI is InChI=1S/C8H12N2/c1-3-5-8-9-6-7-10(8)4-2/h3-5H,2,6-7H2,1H3. The highest BCUT2D eigenvalue weighted by Crippen LogP contribution is 2.02. The Kier molecular flexibility index (Phi) is 2.26. The largest absolute Gasteiger partial charge is 0.332 e. The number of allylic oxidation sites excluding steroid dienone is 1. The Labute approximate surface area is 61.6 Å². The molecule has 0 aromatic heterocycles. The van der Waals surface area contributed by atoms with Crippen molar-refractivity contribution in [1.29, 1.82) is 0 Å². The second-order valence-electron chi connectivity index (χ2n) is 2.12. The molecule has 2 heteroatoms. The Morgan fingerprint density at radius 2 is 2.50 bits per heavy atom. The van der Waals surface area contributed by atoms with Crippen molar-refractivity contribution < 1.29 is 0 Å². The molecule has 0 saturated carbocycles. The predicted octanol–water partition coefficient (Wildman–Crippen LogP) is 1.42. The minimum Gasteiger partial charge on any atom is -0.332 e. The van der Waals surface area contributed by atoms with Crippen molar-refractivity contribution >= 4 is 5.84 Å². The first-order valence-electron chi connectivity index (χ1n) is 3.45. The van der Waals surface area contributed by atoms with Gasteiger partial charge in [-0.2, -0.15) is 0 Å². The number of nitrogens with zero attached hydrogens (tertiary/aromatic N) is 2. The predicted molar refractivity (Wildman–Crippen MR) is 44.0 cm³/mol. The molecule has 1 rings (SSSR count). The number of amidine groups is 1. The Morgan fingerprint density at radius 3 is 3.10 bits per heavy atom. The molecule has 0 aromatic carbocycles.